The van der Waals surface area contributed by atoms with E-state index >= 15 is 0 Å². The van der Waals surface area contributed by atoms with Crippen LogP contribution in [0.15, 0.2) is 18.2 Å². The highest BCUT2D eigenvalue weighted by molar-refractivity contribution is 5.60. The number of hydrogen-bond donors (Lipinski definition) is 2. The lowest BCUT2D eigenvalue weighted by atomic mass is 10.1. The monoisotopic (exact) mass is 225 g/mol. The van der Waals surface area contributed by atoms with E-state index in [2.05, 4.69) is 5.32 Å². The van der Waals surface area contributed by atoms with Crippen LogP contribution in [0.2, 0.25) is 0 Å². The fourth-order valence-electron chi connectivity index (χ4n) is 1.31. The van der Waals surface area contributed by atoms with Crippen LogP contribution < -0.4 is 14.8 Å². The number of hydrogen-bond acceptors (Lipinski definition) is 4. The Morgan fingerprint density at radius 3 is 2.44 bits per heavy atom. The van der Waals surface area contributed by atoms with Crippen LogP contribution in [-0.4, -0.2) is 31.5 Å². The van der Waals surface area contributed by atoms with Gasteiger partial charge < -0.3 is 19.9 Å². The van der Waals surface area contributed by atoms with Gasteiger partial charge in [-0.25, -0.2) is 0 Å². The first-order chi connectivity index (χ1) is 7.52. The average molecular weight is 225 g/mol. The molecule has 0 atom stereocenters. The summed E-state index contributed by atoms with van der Waals surface area (Å²) in [4.78, 5) is 0. The molecule has 16 heavy (non-hydrogen) atoms. The zero-order chi connectivity index (χ0) is 12.2. The Labute approximate surface area is 96.2 Å². The number of anilines is 1. The molecule has 1 aromatic carbocycles. The molecular weight excluding hydrogens is 206 g/mol. The number of aliphatic hydroxyl groups is 1. The molecule has 0 bridgehead atoms. The lowest BCUT2D eigenvalue weighted by molar-refractivity contribution is 0.234. The van der Waals surface area contributed by atoms with Gasteiger partial charge >= 0.3 is 0 Å². The Morgan fingerprint density at radius 1 is 1.25 bits per heavy atom. The zero-order valence-electron chi connectivity index (χ0n) is 10.2. The first kappa shape index (κ1) is 12.6. The van der Waals surface area contributed by atoms with E-state index in [-0.39, 0.29) is 12.1 Å². The summed E-state index contributed by atoms with van der Waals surface area (Å²) in [5, 5.41) is 12.4. The summed E-state index contributed by atoms with van der Waals surface area (Å²) in [5.74, 6) is 1.44. The molecule has 1 aromatic rings. The van der Waals surface area contributed by atoms with E-state index < -0.39 is 0 Å². The van der Waals surface area contributed by atoms with Crippen molar-refractivity contribution in [2.75, 3.05) is 26.1 Å². The van der Waals surface area contributed by atoms with Crippen LogP contribution >= 0.6 is 0 Å². The molecule has 0 heterocycles. The Morgan fingerprint density at radius 2 is 1.94 bits per heavy atom. The number of ether oxygens (including phenoxy) is 2. The molecule has 4 heteroatoms. The fraction of sp³-hybridized carbons (Fsp3) is 0.500. The highest BCUT2D eigenvalue weighted by Crippen LogP contribution is 2.30. The van der Waals surface area contributed by atoms with Gasteiger partial charge in [-0.2, -0.15) is 0 Å². The summed E-state index contributed by atoms with van der Waals surface area (Å²) in [7, 11) is 3.21. The maximum absolute atomic E-state index is 9.19. The molecule has 0 aliphatic heterocycles. The van der Waals surface area contributed by atoms with Gasteiger partial charge in [0, 0.05) is 6.07 Å². The summed E-state index contributed by atoms with van der Waals surface area (Å²) in [6.07, 6.45) is 0. The third-order valence-electron chi connectivity index (χ3n) is 2.28. The predicted molar refractivity (Wildman–Crippen MR) is 64.3 cm³/mol. The van der Waals surface area contributed by atoms with Gasteiger partial charge in [-0.1, -0.05) is 0 Å². The average Bonchev–Trinajstić information content (AvgIpc) is 2.29. The van der Waals surface area contributed by atoms with E-state index in [4.69, 9.17) is 9.47 Å². The van der Waals surface area contributed by atoms with E-state index in [9.17, 15) is 5.11 Å². The molecule has 1 rings (SSSR count). The number of aliphatic hydroxyl groups excluding tert-OH is 1. The molecule has 0 saturated heterocycles. The van der Waals surface area contributed by atoms with Crippen molar-refractivity contribution in [1.29, 1.82) is 0 Å². The SMILES string of the molecule is COc1ccc(NC(C)(C)CO)c(OC)c1. The van der Waals surface area contributed by atoms with Crippen molar-refractivity contribution < 1.29 is 14.6 Å². The first-order valence-electron chi connectivity index (χ1n) is 5.13. The van der Waals surface area contributed by atoms with E-state index in [1.54, 1.807) is 20.3 Å². The summed E-state index contributed by atoms with van der Waals surface area (Å²) in [6.45, 7) is 3.87. The third kappa shape index (κ3) is 3.03. The van der Waals surface area contributed by atoms with Crippen LogP contribution in [0.1, 0.15) is 13.8 Å². The normalized spacial score (nSPS) is 11.1. The molecule has 0 radical (unpaired) electrons. The molecule has 90 valence electrons. The lowest BCUT2D eigenvalue weighted by Crippen LogP contribution is -2.35. The second kappa shape index (κ2) is 5.07. The molecule has 4 nitrogen and oxygen atoms in total. The van der Waals surface area contributed by atoms with Gasteiger partial charge in [0.2, 0.25) is 0 Å². The van der Waals surface area contributed by atoms with Crippen LogP contribution in [0.25, 0.3) is 0 Å². The van der Waals surface area contributed by atoms with E-state index in [1.165, 1.54) is 0 Å². The number of rotatable bonds is 5. The predicted octanol–water partition coefficient (Wildman–Crippen LogP) is 1.89. The Kier molecular flexibility index (Phi) is 4.01. The van der Waals surface area contributed by atoms with Gasteiger partial charge in [0.25, 0.3) is 0 Å². The maximum atomic E-state index is 9.19. The van der Waals surface area contributed by atoms with Gasteiger partial charge in [0.15, 0.2) is 0 Å². The lowest BCUT2D eigenvalue weighted by Gasteiger charge is -2.26. The molecule has 0 aliphatic carbocycles. The van der Waals surface area contributed by atoms with Crippen molar-refractivity contribution in [2.45, 2.75) is 19.4 Å². The highest BCUT2D eigenvalue weighted by Gasteiger charge is 2.17. The minimum Gasteiger partial charge on any atom is -0.497 e. The molecule has 0 aliphatic rings. The number of nitrogens with one attached hydrogen (secondary N) is 1. The molecule has 0 unspecified atom stereocenters. The largest absolute Gasteiger partial charge is 0.497 e. The van der Waals surface area contributed by atoms with Gasteiger partial charge in [0.1, 0.15) is 11.5 Å². The molecular formula is C12H19NO3. The van der Waals surface area contributed by atoms with Crippen LogP contribution in [0.3, 0.4) is 0 Å². The van der Waals surface area contributed by atoms with Crippen molar-refractivity contribution in [3.05, 3.63) is 18.2 Å². The van der Waals surface area contributed by atoms with Crippen molar-refractivity contribution in [3.63, 3.8) is 0 Å². The standard InChI is InChI=1S/C12H19NO3/c1-12(2,8-14)13-10-6-5-9(15-3)7-11(10)16-4/h5-7,13-14H,8H2,1-4H3. The minimum atomic E-state index is -0.387. The van der Waals surface area contributed by atoms with E-state index in [0.717, 1.165) is 11.4 Å². The number of benzene rings is 1. The Hall–Kier alpha value is -1.42. The summed E-state index contributed by atoms with van der Waals surface area (Å²) in [5.41, 5.74) is 0.448. The van der Waals surface area contributed by atoms with Gasteiger partial charge in [-0.05, 0) is 26.0 Å². The van der Waals surface area contributed by atoms with E-state index in [0.29, 0.717) is 5.75 Å². The Balaban J connectivity index is 2.96. The van der Waals surface area contributed by atoms with E-state index in [1.807, 2.05) is 26.0 Å². The minimum absolute atomic E-state index is 0.0438. The summed E-state index contributed by atoms with van der Waals surface area (Å²) >= 11 is 0. The fourth-order valence-corrected chi connectivity index (χ4v) is 1.31. The molecule has 0 spiro atoms. The van der Waals surface area contributed by atoms with Crippen molar-refractivity contribution in [1.82, 2.24) is 0 Å². The van der Waals surface area contributed by atoms with Gasteiger partial charge in [-0.15, -0.1) is 0 Å². The quantitative estimate of drug-likeness (QED) is 0.803. The smallest absolute Gasteiger partial charge is 0.145 e. The first-order valence-corrected chi connectivity index (χ1v) is 5.13. The van der Waals surface area contributed by atoms with Gasteiger partial charge in [0.05, 0.1) is 32.1 Å². The van der Waals surface area contributed by atoms with Gasteiger partial charge in [-0.3, -0.25) is 0 Å². The molecule has 0 aromatic heterocycles. The van der Waals surface area contributed by atoms with Crippen molar-refractivity contribution >= 4 is 5.69 Å². The summed E-state index contributed by atoms with van der Waals surface area (Å²) < 4.78 is 10.4. The molecule has 0 amide bonds. The topological polar surface area (TPSA) is 50.7 Å². The molecule has 2 N–H and O–H groups in total. The highest BCUT2D eigenvalue weighted by atomic mass is 16.5. The zero-order valence-corrected chi connectivity index (χ0v) is 10.2. The van der Waals surface area contributed by atoms with Crippen LogP contribution in [0.4, 0.5) is 5.69 Å². The van der Waals surface area contributed by atoms with Crippen LogP contribution in [0.5, 0.6) is 11.5 Å². The Bertz CT molecular complexity index is 350. The molecule has 0 fully saturated rings. The second-order valence-electron chi connectivity index (χ2n) is 4.23. The second-order valence-corrected chi connectivity index (χ2v) is 4.23. The molecule has 0 saturated carbocycles. The van der Waals surface area contributed by atoms with Crippen LogP contribution in [-0.2, 0) is 0 Å². The third-order valence-corrected chi connectivity index (χ3v) is 2.28. The van der Waals surface area contributed by atoms with Crippen molar-refractivity contribution in [3.8, 4) is 11.5 Å². The maximum Gasteiger partial charge on any atom is 0.145 e. The summed E-state index contributed by atoms with van der Waals surface area (Å²) in [6, 6.07) is 5.52. The number of methoxy groups -OCH3 is 2. The van der Waals surface area contributed by atoms with Crippen molar-refractivity contribution in [2.24, 2.45) is 0 Å². The van der Waals surface area contributed by atoms with Crippen LogP contribution in [0, 0.1) is 0 Å².